The van der Waals surface area contributed by atoms with Gasteiger partial charge in [0.1, 0.15) is 5.82 Å². The Morgan fingerprint density at radius 2 is 1.97 bits per heavy atom. The normalized spacial score (nSPS) is 28.0. The largest absolute Gasteiger partial charge is 0.381 e. The second-order valence-corrected chi connectivity index (χ2v) is 9.10. The highest BCUT2D eigenvalue weighted by Gasteiger charge is 2.32. The molecule has 172 valence electrons. The summed E-state index contributed by atoms with van der Waals surface area (Å²) in [5.41, 5.74) is 0.998. The molecular weight excluding hydrogens is 399 g/mol. The van der Waals surface area contributed by atoms with Gasteiger partial charge >= 0.3 is 6.03 Å². The van der Waals surface area contributed by atoms with E-state index in [9.17, 15) is 9.18 Å². The van der Waals surface area contributed by atoms with Gasteiger partial charge in [-0.25, -0.2) is 9.18 Å². The van der Waals surface area contributed by atoms with E-state index in [0.29, 0.717) is 43.0 Å². The Labute approximate surface area is 184 Å². The van der Waals surface area contributed by atoms with Crippen molar-refractivity contribution >= 4 is 17.4 Å². The second-order valence-electron chi connectivity index (χ2n) is 9.10. The van der Waals surface area contributed by atoms with Gasteiger partial charge in [0.2, 0.25) is 0 Å². The zero-order chi connectivity index (χ0) is 21.8. The Morgan fingerprint density at radius 3 is 2.61 bits per heavy atom. The van der Waals surface area contributed by atoms with Crippen molar-refractivity contribution in [2.45, 2.75) is 51.4 Å². The molecular formula is C23H35FN4O3. The van der Waals surface area contributed by atoms with Crippen LogP contribution in [0.25, 0.3) is 0 Å². The van der Waals surface area contributed by atoms with Crippen molar-refractivity contribution in [3.05, 3.63) is 24.0 Å². The minimum absolute atomic E-state index is 0.0561. The molecule has 0 spiro atoms. The number of morpholine rings is 1. The second kappa shape index (κ2) is 10.1. The van der Waals surface area contributed by atoms with Crippen LogP contribution in [0.3, 0.4) is 0 Å². The molecule has 0 aromatic heterocycles. The molecule has 0 aliphatic carbocycles. The average molecular weight is 435 g/mol. The molecule has 3 heterocycles. The number of amides is 2. The number of nitrogens with one attached hydrogen (secondary N) is 2. The predicted octanol–water partition coefficient (Wildman–Crippen LogP) is 3.06. The van der Waals surface area contributed by atoms with Crippen LogP contribution < -0.4 is 15.5 Å². The first-order valence-corrected chi connectivity index (χ1v) is 11.6. The summed E-state index contributed by atoms with van der Waals surface area (Å²) in [6, 6.07) is 4.87. The predicted molar refractivity (Wildman–Crippen MR) is 119 cm³/mol. The quantitative estimate of drug-likeness (QED) is 0.721. The maximum atomic E-state index is 14.8. The van der Waals surface area contributed by atoms with Crippen LogP contribution in [-0.4, -0.2) is 75.1 Å². The Balaban J connectivity index is 1.33. The van der Waals surface area contributed by atoms with Gasteiger partial charge in [-0.2, -0.15) is 0 Å². The van der Waals surface area contributed by atoms with Crippen molar-refractivity contribution in [3.8, 4) is 0 Å². The van der Waals surface area contributed by atoms with Crippen LogP contribution in [0.2, 0.25) is 0 Å². The third-order valence-electron chi connectivity index (χ3n) is 6.56. The molecule has 3 aliphatic rings. The minimum Gasteiger partial charge on any atom is -0.381 e. The van der Waals surface area contributed by atoms with Gasteiger partial charge in [-0.05, 0) is 64.4 Å². The number of hydrogen-bond acceptors (Lipinski definition) is 5. The van der Waals surface area contributed by atoms with E-state index in [0.717, 1.165) is 32.7 Å². The monoisotopic (exact) mass is 434 g/mol. The van der Waals surface area contributed by atoms with E-state index in [1.807, 2.05) is 18.7 Å². The number of urea groups is 1. The summed E-state index contributed by atoms with van der Waals surface area (Å²) < 4.78 is 26.1. The summed E-state index contributed by atoms with van der Waals surface area (Å²) in [4.78, 5) is 17.0. The molecule has 7 nitrogen and oxygen atoms in total. The molecule has 3 aliphatic heterocycles. The number of anilines is 2. The minimum atomic E-state index is -0.336. The fourth-order valence-corrected chi connectivity index (χ4v) is 5.11. The van der Waals surface area contributed by atoms with Gasteiger partial charge < -0.3 is 25.0 Å². The van der Waals surface area contributed by atoms with E-state index in [4.69, 9.17) is 9.47 Å². The lowest BCUT2D eigenvalue weighted by Gasteiger charge is -2.37. The van der Waals surface area contributed by atoms with Crippen LogP contribution in [0.15, 0.2) is 18.2 Å². The summed E-state index contributed by atoms with van der Waals surface area (Å²) >= 11 is 0. The molecule has 4 atom stereocenters. The lowest BCUT2D eigenvalue weighted by molar-refractivity contribution is -0.00539. The molecule has 3 saturated heterocycles. The van der Waals surface area contributed by atoms with E-state index < -0.39 is 0 Å². The SMILES string of the molecule is C[C@@H]1CN(c2ccc(NC(=O)NC[C@H]([C@@H]3CCOC3)N3CCCC3)cc2F)C[C@@H](C)O1. The fraction of sp³-hybridized carbons (Fsp3) is 0.696. The molecule has 1 aromatic carbocycles. The molecule has 0 saturated carbocycles. The van der Waals surface area contributed by atoms with Crippen molar-refractivity contribution in [1.82, 2.24) is 10.2 Å². The van der Waals surface area contributed by atoms with Gasteiger partial charge in [-0.3, -0.25) is 4.90 Å². The smallest absolute Gasteiger partial charge is 0.319 e. The zero-order valence-corrected chi connectivity index (χ0v) is 18.6. The Bertz CT molecular complexity index is 726. The summed E-state index contributed by atoms with van der Waals surface area (Å²) in [6.07, 6.45) is 3.57. The molecule has 0 unspecified atom stereocenters. The summed E-state index contributed by atoms with van der Waals surface area (Å²) in [6.45, 7) is 9.58. The third-order valence-corrected chi connectivity index (χ3v) is 6.56. The molecule has 0 bridgehead atoms. The highest BCUT2D eigenvalue weighted by atomic mass is 19.1. The molecule has 2 N–H and O–H groups in total. The van der Waals surface area contributed by atoms with Crippen LogP contribution >= 0.6 is 0 Å². The number of rotatable bonds is 6. The fourth-order valence-electron chi connectivity index (χ4n) is 5.11. The molecule has 0 radical (unpaired) electrons. The zero-order valence-electron chi connectivity index (χ0n) is 18.6. The van der Waals surface area contributed by atoms with Gasteiger partial charge in [-0.15, -0.1) is 0 Å². The lowest BCUT2D eigenvalue weighted by atomic mass is 9.97. The summed E-state index contributed by atoms with van der Waals surface area (Å²) in [5.74, 6) is 0.116. The summed E-state index contributed by atoms with van der Waals surface area (Å²) in [5, 5.41) is 5.78. The van der Waals surface area contributed by atoms with Crippen molar-refractivity contribution < 1.29 is 18.7 Å². The van der Waals surface area contributed by atoms with Crippen molar-refractivity contribution in [2.24, 2.45) is 5.92 Å². The van der Waals surface area contributed by atoms with Crippen molar-refractivity contribution in [3.63, 3.8) is 0 Å². The van der Waals surface area contributed by atoms with E-state index in [1.54, 1.807) is 12.1 Å². The molecule has 4 rings (SSSR count). The Morgan fingerprint density at radius 1 is 1.23 bits per heavy atom. The lowest BCUT2D eigenvalue weighted by Crippen LogP contribution is -2.48. The van der Waals surface area contributed by atoms with Crippen LogP contribution in [0.4, 0.5) is 20.6 Å². The number of carbonyl (C=O) groups is 1. The number of hydrogen-bond donors (Lipinski definition) is 2. The highest BCUT2D eigenvalue weighted by Crippen LogP contribution is 2.27. The standard InChI is InChI=1S/C23H35FN4O3/c1-16-13-28(14-17(2)31-16)21-6-5-19(11-20(21)24)26-23(29)25-12-22(18-7-10-30-15-18)27-8-3-4-9-27/h5-6,11,16-18,22H,3-4,7-10,12-15H2,1-2H3,(H2,25,26,29)/t16-,17-,18-,22-/m1/s1. The van der Waals surface area contributed by atoms with Crippen LogP contribution in [0.1, 0.15) is 33.1 Å². The first kappa shape index (κ1) is 22.3. The topological polar surface area (TPSA) is 66.1 Å². The van der Waals surface area contributed by atoms with Crippen LogP contribution in [-0.2, 0) is 9.47 Å². The van der Waals surface area contributed by atoms with E-state index in [-0.39, 0.29) is 24.1 Å². The molecule has 3 fully saturated rings. The number of carbonyl (C=O) groups excluding carboxylic acids is 1. The number of benzene rings is 1. The van der Waals surface area contributed by atoms with Gasteiger partial charge in [0.15, 0.2) is 0 Å². The van der Waals surface area contributed by atoms with Crippen molar-refractivity contribution in [1.29, 1.82) is 0 Å². The van der Waals surface area contributed by atoms with Crippen molar-refractivity contribution in [2.75, 3.05) is 56.2 Å². The van der Waals surface area contributed by atoms with Crippen LogP contribution in [0, 0.1) is 11.7 Å². The first-order chi connectivity index (χ1) is 15.0. The van der Waals surface area contributed by atoms with Gasteiger partial charge in [0, 0.05) is 43.9 Å². The molecule has 2 amide bonds. The van der Waals surface area contributed by atoms with Gasteiger partial charge in [-0.1, -0.05) is 0 Å². The average Bonchev–Trinajstić information content (AvgIpc) is 3.42. The van der Waals surface area contributed by atoms with Gasteiger partial charge in [0.05, 0.1) is 24.5 Å². The van der Waals surface area contributed by atoms with E-state index >= 15 is 0 Å². The third kappa shape index (κ3) is 5.67. The van der Waals surface area contributed by atoms with E-state index in [1.165, 1.54) is 18.9 Å². The molecule has 31 heavy (non-hydrogen) atoms. The maximum absolute atomic E-state index is 14.8. The van der Waals surface area contributed by atoms with Gasteiger partial charge in [0.25, 0.3) is 0 Å². The highest BCUT2D eigenvalue weighted by molar-refractivity contribution is 5.89. The molecule has 1 aromatic rings. The first-order valence-electron chi connectivity index (χ1n) is 11.6. The number of nitrogens with zero attached hydrogens (tertiary/aromatic N) is 2. The van der Waals surface area contributed by atoms with E-state index in [2.05, 4.69) is 15.5 Å². The maximum Gasteiger partial charge on any atom is 0.319 e. The molecule has 8 heteroatoms. The van der Waals surface area contributed by atoms with Crippen LogP contribution in [0.5, 0.6) is 0 Å². The number of ether oxygens (including phenoxy) is 2. The number of halogens is 1. The Hall–Kier alpha value is -1.90. The Kier molecular flexibility index (Phi) is 7.30. The number of likely N-dealkylation sites (tertiary alicyclic amines) is 1. The summed E-state index contributed by atoms with van der Waals surface area (Å²) in [7, 11) is 0.